The van der Waals surface area contributed by atoms with Crippen LogP contribution in [0.25, 0.3) is 0 Å². The van der Waals surface area contributed by atoms with Gasteiger partial charge in [-0.05, 0) is 18.1 Å². The van der Waals surface area contributed by atoms with Crippen molar-refractivity contribution in [2.75, 3.05) is 11.9 Å². The van der Waals surface area contributed by atoms with E-state index in [2.05, 4.69) is 15.5 Å². The molecule has 0 spiro atoms. The second-order valence-corrected chi connectivity index (χ2v) is 6.47. The van der Waals surface area contributed by atoms with E-state index in [0.29, 0.717) is 17.8 Å². The Labute approximate surface area is 154 Å². The molecule has 0 unspecified atom stereocenters. The Balaban J connectivity index is 2.21. The smallest absolute Gasteiger partial charge is 0.267 e. The van der Waals surface area contributed by atoms with Gasteiger partial charge in [-0.25, -0.2) is 5.10 Å². The zero-order valence-electron chi connectivity index (χ0n) is 13.7. The Morgan fingerprint density at radius 2 is 1.96 bits per heavy atom. The van der Waals surface area contributed by atoms with Gasteiger partial charge in [0.15, 0.2) is 5.75 Å². The molecule has 0 aliphatic heterocycles. The third kappa shape index (κ3) is 5.11. The number of nitrogens with two attached hydrogens (primary N) is 1. The molecule has 2 rings (SSSR count). The number of primary amides is 1. The lowest BCUT2D eigenvalue weighted by molar-refractivity contribution is -0.117. The largest absolute Gasteiger partial charge is 0.434 e. The zero-order valence-corrected chi connectivity index (χ0v) is 15.2. The first-order chi connectivity index (χ1) is 11.8. The van der Waals surface area contributed by atoms with E-state index in [1.165, 1.54) is 0 Å². The van der Waals surface area contributed by atoms with E-state index in [0.717, 1.165) is 0 Å². The fraction of sp³-hybridized carbons (Fsp3) is 0.312. The molecule has 25 heavy (non-hydrogen) atoms. The maximum atomic E-state index is 11.7. The van der Waals surface area contributed by atoms with Crippen LogP contribution in [0.3, 0.4) is 0 Å². The van der Waals surface area contributed by atoms with Gasteiger partial charge in [-0.3, -0.25) is 9.59 Å². The zero-order chi connectivity index (χ0) is 18.6. The van der Waals surface area contributed by atoms with E-state index < -0.39 is 5.91 Å². The molecule has 7 nitrogen and oxygen atoms in total. The number of benzene rings is 1. The second kappa shape index (κ2) is 8.22. The number of nitrogens with one attached hydrogen (secondary N) is 2. The van der Waals surface area contributed by atoms with Crippen LogP contribution in [0.1, 0.15) is 31.7 Å². The highest BCUT2D eigenvalue weighted by Crippen LogP contribution is 2.38. The molecule has 1 amide bonds. The summed E-state index contributed by atoms with van der Waals surface area (Å²) in [7, 11) is 0. The molecule has 134 valence electrons. The van der Waals surface area contributed by atoms with Gasteiger partial charge >= 0.3 is 0 Å². The van der Waals surface area contributed by atoms with Gasteiger partial charge in [0, 0.05) is 30.3 Å². The molecule has 0 aliphatic rings. The minimum absolute atomic E-state index is 0.0110. The number of amides is 1. The quantitative estimate of drug-likeness (QED) is 0.678. The molecule has 2 aromatic rings. The Morgan fingerprint density at radius 1 is 1.32 bits per heavy atom. The number of aromatic amines is 1. The number of rotatable bonds is 7. The molecule has 0 fully saturated rings. The van der Waals surface area contributed by atoms with Crippen molar-refractivity contribution in [3.8, 4) is 11.6 Å². The number of nitrogens with zero attached hydrogens (tertiary/aromatic N) is 1. The molecular formula is C16H18Cl2N4O3. The van der Waals surface area contributed by atoms with Crippen molar-refractivity contribution < 1.29 is 9.53 Å². The normalized spacial score (nSPS) is 10.8. The van der Waals surface area contributed by atoms with Crippen molar-refractivity contribution in [3.05, 3.63) is 44.2 Å². The van der Waals surface area contributed by atoms with Crippen molar-refractivity contribution in [2.24, 2.45) is 5.73 Å². The summed E-state index contributed by atoms with van der Waals surface area (Å²) in [5.41, 5.74) is 5.99. The minimum Gasteiger partial charge on any atom is -0.434 e. The van der Waals surface area contributed by atoms with Crippen LogP contribution in [0, 0.1) is 0 Å². The monoisotopic (exact) mass is 384 g/mol. The molecule has 4 N–H and O–H groups in total. The van der Waals surface area contributed by atoms with Crippen LogP contribution in [-0.2, 0) is 4.79 Å². The van der Waals surface area contributed by atoms with E-state index >= 15 is 0 Å². The summed E-state index contributed by atoms with van der Waals surface area (Å²) in [5.74, 6) is 0.00574. The van der Waals surface area contributed by atoms with Gasteiger partial charge in [-0.1, -0.05) is 37.0 Å². The van der Waals surface area contributed by atoms with E-state index in [1.807, 2.05) is 13.8 Å². The van der Waals surface area contributed by atoms with Crippen LogP contribution < -0.4 is 21.3 Å². The first-order valence-corrected chi connectivity index (χ1v) is 8.32. The first-order valence-electron chi connectivity index (χ1n) is 7.56. The van der Waals surface area contributed by atoms with Crippen LogP contribution in [0.4, 0.5) is 5.69 Å². The first kappa shape index (κ1) is 19.1. The number of ether oxygens (including phenoxy) is 1. The average molecular weight is 385 g/mol. The van der Waals surface area contributed by atoms with Gasteiger partial charge in [0.25, 0.3) is 5.56 Å². The maximum absolute atomic E-state index is 11.7. The predicted octanol–water partition coefficient (Wildman–Crippen LogP) is 3.28. The third-order valence-electron chi connectivity index (χ3n) is 3.34. The van der Waals surface area contributed by atoms with Crippen molar-refractivity contribution in [1.29, 1.82) is 0 Å². The van der Waals surface area contributed by atoms with Crippen LogP contribution in [0.5, 0.6) is 11.6 Å². The molecule has 1 heterocycles. The number of carbonyl (C=O) groups is 1. The van der Waals surface area contributed by atoms with Crippen LogP contribution >= 0.6 is 23.2 Å². The summed E-state index contributed by atoms with van der Waals surface area (Å²) in [4.78, 5) is 22.5. The summed E-state index contributed by atoms with van der Waals surface area (Å²) in [5, 5.41) is 9.74. The fourth-order valence-corrected chi connectivity index (χ4v) is 2.64. The second-order valence-electron chi connectivity index (χ2n) is 5.66. The predicted molar refractivity (Wildman–Crippen MR) is 97.8 cm³/mol. The Morgan fingerprint density at radius 3 is 2.52 bits per heavy atom. The third-order valence-corrected chi connectivity index (χ3v) is 3.90. The molecule has 0 radical (unpaired) electrons. The topological polar surface area (TPSA) is 110 Å². The van der Waals surface area contributed by atoms with E-state index in [4.69, 9.17) is 33.7 Å². The summed E-state index contributed by atoms with van der Waals surface area (Å²) < 4.78 is 5.64. The Bertz CT molecular complexity index is 813. The number of carbonyl (C=O) groups excluding carboxylic acids is 1. The summed E-state index contributed by atoms with van der Waals surface area (Å²) in [6, 6.07) is 4.77. The lowest BCUT2D eigenvalue weighted by Gasteiger charge is -2.12. The number of aromatic nitrogens is 2. The highest BCUT2D eigenvalue weighted by atomic mass is 35.5. The summed E-state index contributed by atoms with van der Waals surface area (Å²) in [6.07, 6.45) is 0.187. The number of halogens is 2. The highest BCUT2D eigenvalue weighted by Gasteiger charge is 2.14. The summed E-state index contributed by atoms with van der Waals surface area (Å²) in [6.45, 7) is 4.14. The number of hydrogen-bond acceptors (Lipinski definition) is 5. The highest BCUT2D eigenvalue weighted by molar-refractivity contribution is 6.37. The van der Waals surface area contributed by atoms with Crippen LogP contribution in [0.2, 0.25) is 10.0 Å². The Hall–Kier alpha value is -2.25. The van der Waals surface area contributed by atoms with E-state index in [1.54, 1.807) is 18.2 Å². The molecule has 0 atom stereocenters. The molecular weight excluding hydrogens is 367 g/mol. The Kier molecular flexibility index (Phi) is 6.27. The summed E-state index contributed by atoms with van der Waals surface area (Å²) >= 11 is 12.4. The lowest BCUT2D eigenvalue weighted by atomic mass is 10.1. The van der Waals surface area contributed by atoms with Crippen molar-refractivity contribution in [3.63, 3.8) is 0 Å². The molecule has 0 saturated heterocycles. The van der Waals surface area contributed by atoms with Gasteiger partial charge in [-0.2, -0.15) is 0 Å². The molecule has 9 heteroatoms. The lowest BCUT2D eigenvalue weighted by Crippen LogP contribution is -2.16. The maximum Gasteiger partial charge on any atom is 0.267 e. The number of H-pyrrole nitrogens is 1. The molecule has 0 aliphatic carbocycles. The van der Waals surface area contributed by atoms with Gasteiger partial charge < -0.3 is 15.8 Å². The fourth-order valence-electron chi connectivity index (χ4n) is 2.08. The molecule has 0 bridgehead atoms. The van der Waals surface area contributed by atoms with Gasteiger partial charge in [0.05, 0.1) is 10.0 Å². The van der Waals surface area contributed by atoms with Crippen molar-refractivity contribution >= 4 is 34.8 Å². The van der Waals surface area contributed by atoms with Crippen molar-refractivity contribution in [1.82, 2.24) is 10.2 Å². The van der Waals surface area contributed by atoms with Gasteiger partial charge in [0.1, 0.15) is 0 Å². The van der Waals surface area contributed by atoms with E-state index in [9.17, 15) is 9.59 Å². The molecule has 0 saturated carbocycles. The minimum atomic E-state index is -0.408. The van der Waals surface area contributed by atoms with Crippen molar-refractivity contribution in [2.45, 2.75) is 26.2 Å². The number of anilines is 1. The average Bonchev–Trinajstić information content (AvgIpc) is 2.51. The van der Waals surface area contributed by atoms with E-state index in [-0.39, 0.29) is 39.6 Å². The number of hydrogen-bond donors (Lipinski definition) is 3. The van der Waals surface area contributed by atoms with Gasteiger partial charge in [0.2, 0.25) is 11.8 Å². The molecule has 1 aromatic heterocycles. The SMILES string of the molecule is CC(C)c1cc(Oc2c(Cl)cc(NCCC(N)=O)cc2Cl)n[nH]c1=O. The standard InChI is InChI=1S/C16H18Cl2N4O3/c1-8(2)10-7-14(21-22-16(10)24)25-15-11(17)5-9(6-12(15)18)20-4-3-13(19)23/h5-8,20H,3-4H2,1-2H3,(H2,19,23)(H,22,24). The van der Waals surface area contributed by atoms with Crippen LogP contribution in [-0.4, -0.2) is 22.6 Å². The molecule has 1 aromatic carbocycles. The van der Waals surface area contributed by atoms with Gasteiger partial charge in [-0.15, -0.1) is 5.10 Å². The van der Waals surface area contributed by atoms with Crippen LogP contribution in [0.15, 0.2) is 23.0 Å².